The molecule has 0 aliphatic carbocycles. The van der Waals surface area contributed by atoms with E-state index in [0.29, 0.717) is 0 Å². The molecule has 16 heavy (non-hydrogen) atoms. The maximum absolute atomic E-state index is 12.5. The van der Waals surface area contributed by atoms with E-state index < -0.39 is 34.3 Å². The fourth-order valence-corrected chi connectivity index (χ4v) is 1.28. The van der Waals surface area contributed by atoms with E-state index >= 15 is 0 Å². The Morgan fingerprint density at radius 1 is 1.44 bits per heavy atom. The van der Waals surface area contributed by atoms with Gasteiger partial charge in [-0.05, 0) is 6.07 Å². The van der Waals surface area contributed by atoms with Crippen LogP contribution in [0, 0.1) is 21.4 Å². The zero-order valence-corrected chi connectivity index (χ0v) is 7.78. The van der Waals surface area contributed by atoms with Crippen LogP contribution in [0.4, 0.5) is 18.9 Å². The summed E-state index contributed by atoms with van der Waals surface area (Å²) in [6, 6.07) is 4.10. The summed E-state index contributed by atoms with van der Waals surface area (Å²) in [7, 11) is 0. The van der Waals surface area contributed by atoms with Crippen LogP contribution in [0.3, 0.4) is 0 Å². The topological polar surface area (TPSA) is 66.9 Å². The Morgan fingerprint density at radius 3 is 2.50 bits per heavy atom. The summed E-state index contributed by atoms with van der Waals surface area (Å²) >= 11 is 0. The first-order valence-corrected chi connectivity index (χ1v) is 4.08. The molecule has 0 amide bonds. The van der Waals surface area contributed by atoms with Crippen LogP contribution < -0.4 is 0 Å². The molecule has 0 spiro atoms. The van der Waals surface area contributed by atoms with E-state index in [9.17, 15) is 23.3 Å². The molecule has 0 aromatic heterocycles. The monoisotopic (exact) mass is 230 g/mol. The average molecular weight is 230 g/mol. The average Bonchev–Trinajstić information content (AvgIpc) is 2.16. The molecular weight excluding hydrogens is 225 g/mol. The highest BCUT2D eigenvalue weighted by Gasteiger charge is 2.36. The zero-order valence-electron chi connectivity index (χ0n) is 7.78. The molecule has 0 saturated carbocycles. The smallest absolute Gasteiger partial charge is 0.258 e. The van der Waals surface area contributed by atoms with Crippen molar-refractivity contribution in [3.63, 3.8) is 0 Å². The van der Waals surface area contributed by atoms with Crippen LogP contribution in [-0.2, 0) is 12.6 Å². The second-order valence-electron chi connectivity index (χ2n) is 2.89. The first-order chi connectivity index (χ1) is 7.38. The number of alkyl halides is 3. The Labute approximate surface area is 88.1 Å². The molecule has 1 aromatic carbocycles. The van der Waals surface area contributed by atoms with Crippen molar-refractivity contribution >= 4 is 5.69 Å². The second-order valence-corrected chi connectivity index (χ2v) is 2.89. The summed E-state index contributed by atoms with van der Waals surface area (Å²) < 4.78 is 37.4. The minimum absolute atomic E-state index is 0.595. The lowest BCUT2D eigenvalue weighted by Gasteiger charge is -2.10. The molecule has 0 N–H and O–H groups in total. The lowest BCUT2D eigenvalue weighted by Crippen LogP contribution is -2.10. The van der Waals surface area contributed by atoms with E-state index in [1.807, 2.05) is 0 Å². The molecule has 0 aliphatic rings. The molecule has 0 saturated heterocycles. The minimum atomic E-state index is -4.70. The molecule has 0 aliphatic heterocycles. The fraction of sp³-hybridized carbons (Fsp3) is 0.222. The van der Waals surface area contributed by atoms with Crippen molar-refractivity contribution in [2.45, 2.75) is 12.6 Å². The van der Waals surface area contributed by atoms with Gasteiger partial charge in [-0.25, -0.2) is 0 Å². The molecule has 0 atom stereocenters. The molecule has 0 unspecified atom stereocenters. The van der Waals surface area contributed by atoms with E-state index in [2.05, 4.69) is 0 Å². The van der Waals surface area contributed by atoms with Crippen LogP contribution in [0.25, 0.3) is 0 Å². The first-order valence-electron chi connectivity index (χ1n) is 4.08. The van der Waals surface area contributed by atoms with Crippen LogP contribution in [0.15, 0.2) is 18.2 Å². The van der Waals surface area contributed by atoms with Crippen molar-refractivity contribution in [1.29, 1.82) is 5.26 Å². The summed E-state index contributed by atoms with van der Waals surface area (Å²) in [4.78, 5) is 9.58. The number of nitro benzene ring substituents is 1. The molecule has 1 rings (SSSR count). The van der Waals surface area contributed by atoms with Crippen LogP contribution in [0.5, 0.6) is 0 Å². The highest BCUT2D eigenvalue weighted by molar-refractivity contribution is 5.48. The van der Waals surface area contributed by atoms with Crippen molar-refractivity contribution in [1.82, 2.24) is 0 Å². The maximum atomic E-state index is 12.5. The lowest BCUT2D eigenvalue weighted by molar-refractivity contribution is -0.385. The molecule has 0 radical (unpaired) electrons. The summed E-state index contributed by atoms with van der Waals surface area (Å²) in [6.07, 6.45) is -5.34. The van der Waals surface area contributed by atoms with Gasteiger partial charge in [-0.2, -0.15) is 18.4 Å². The molecule has 7 heteroatoms. The van der Waals surface area contributed by atoms with Gasteiger partial charge in [-0.1, -0.05) is 6.07 Å². The van der Waals surface area contributed by atoms with E-state index in [1.54, 1.807) is 0 Å². The number of benzene rings is 1. The number of nitrogens with zero attached hydrogens (tertiary/aromatic N) is 2. The van der Waals surface area contributed by atoms with Gasteiger partial charge in [0.05, 0.1) is 28.5 Å². The standard InChI is InChI=1S/C9H5F3N2O2/c10-9(11,12)7-2-1-3-8(14(15)16)6(7)4-5-13/h1-3H,4H2. The van der Waals surface area contributed by atoms with Gasteiger partial charge in [0.2, 0.25) is 0 Å². The van der Waals surface area contributed by atoms with Gasteiger partial charge < -0.3 is 0 Å². The molecule has 84 valence electrons. The van der Waals surface area contributed by atoms with Crippen molar-refractivity contribution in [2.75, 3.05) is 0 Å². The van der Waals surface area contributed by atoms with Gasteiger partial charge in [0.25, 0.3) is 5.69 Å². The van der Waals surface area contributed by atoms with Gasteiger partial charge in [0.1, 0.15) is 0 Å². The molecule has 0 fully saturated rings. The predicted octanol–water partition coefficient (Wildman–Crippen LogP) is 2.68. The number of hydrogen-bond acceptors (Lipinski definition) is 3. The number of hydrogen-bond donors (Lipinski definition) is 0. The van der Waals surface area contributed by atoms with Gasteiger partial charge >= 0.3 is 6.18 Å². The van der Waals surface area contributed by atoms with Crippen molar-refractivity contribution < 1.29 is 18.1 Å². The van der Waals surface area contributed by atoms with E-state index in [4.69, 9.17) is 5.26 Å². The summed E-state index contributed by atoms with van der Waals surface area (Å²) in [5.41, 5.74) is -2.41. The number of halogens is 3. The SMILES string of the molecule is N#CCc1c([N+](=O)[O-])cccc1C(F)(F)F. The van der Waals surface area contributed by atoms with Gasteiger partial charge in [-0.15, -0.1) is 0 Å². The third-order valence-electron chi connectivity index (χ3n) is 1.91. The third-order valence-corrected chi connectivity index (χ3v) is 1.91. The number of rotatable bonds is 2. The quantitative estimate of drug-likeness (QED) is 0.579. The molecular formula is C9H5F3N2O2. The summed E-state index contributed by atoms with van der Waals surface area (Å²) in [6.45, 7) is 0. The number of nitriles is 1. The van der Waals surface area contributed by atoms with Gasteiger partial charge in [0.15, 0.2) is 0 Å². The maximum Gasteiger partial charge on any atom is 0.416 e. The Bertz CT molecular complexity index is 463. The molecule has 1 aromatic rings. The molecule has 0 bridgehead atoms. The Hall–Kier alpha value is -2.10. The predicted molar refractivity (Wildman–Crippen MR) is 47.4 cm³/mol. The normalized spacial score (nSPS) is 10.9. The lowest BCUT2D eigenvalue weighted by atomic mass is 10.0. The fourth-order valence-electron chi connectivity index (χ4n) is 1.28. The number of nitro groups is 1. The zero-order chi connectivity index (χ0) is 12.3. The first kappa shape index (κ1) is 12.0. The Balaban J connectivity index is 3.46. The Kier molecular flexibility index (Phi) is 3.13. The van der Waals surface area contributed by atoms with Crippen molar-refractivity contribution in [2.24, 2.45) is 0 Å². The van der Waals surface area contributed by atoms with Crippen molar-refractivity contribution in [3.8, 4) is 6.07 Å². The molecule has 4 nitrogen and oxygen atoms in total. The largest absolute Gasteiger partial charge is 0.416 e. The van der Waals surface area contributed by atoms with E-state index in [1.165, 1.54) is 6.07 Å². The van der Waals surface area contributed by atoms with Crippen LogP contribution in [-0.4, -0.2) is 4.92 Å². The summed E-state index contributed by atoms with van der Waals surface area (Å²) in [5.74, 6) is 0. The van der Waals surface area contributed by atoms with Crippen LogP contribution in [0.2, 0.25) is 0 Å². The Morgan fingerprint density at radius 2 is 2.06 bits per heavy atom. The molecule has 0 heterocycles. The van der Waals surface area contributed by atoms with E-state index in [-0.39, 0.29) is 0 Å². The van der Waals surface area contributed by atoms with Gasteiger partial charge in [0, 0.05) is 6.07 Å². The highest BCUT2D eigenvalue weighted by Crippen LogP contribution is 2.35. The van der Waals surface area contributed by atoms with Crippen molar-refractivity contribution in [3.05, 3.63) is 39.4 Å². The van der Waals surface area contributed by atoms with Crippen LogP contribution >= 0.6 is 0 Å². The minimum Gasteiger partial charge on any atom is -0.258 e. The summed E-state index contributed by atoms with van der Waals surface area (Å²) in [5, 5.41) is 18.9. The van der Waals surface area contributed by atoms with Gasteiger partial charge in [-0.3, -0.25) is 10.1 Å². The van der Waals surface area contributed by atoms with E-state index in [0.717, 1.165) is 18.2 Å². The third kappa shape index (κ3) is 2.28. The van der Waals surface area contributed by atoms with Crippen LogP contribution in [0.1, 0.15) is 11.1 Å². The second kappa shape index (κ2) is 4.18. The highest BCUT2D eigenvalue weighted by atomic mass is 19.4.